The van der Waals surface area contributed by atoms with Gasteiger partial charge in [0.15, 0.2) is 17.3 Å². The number of nitrogens with zero attached hydrogens (tertiary/aromatic N) is 1. The van der Waals surface area contributed by atoms with Crippen LogP contribution in [0.15, 0.2) is 60.7 Å². The number of esters is 1. The smallest absolute Gasteiger partial charge is 0.355 e. The van der Waals surface area contributed by atoms with Gasteiger partial charge in [-0.25, -0.2) is 4.79 Å². The Morgan fingerprint density at radius 3 is 2.33 bits per heavy atom. The lowest BCUT2D eigenvalue weighted by Crippen LogP contribution is -2.56. The van der Waals surface area contributed by atoms with Crippen LogP contribution >= 0.6 is 0 Å². The summed E-state index contributed by atoms with van der Waals surface area (Å²) in [6, 6.07) is 16.9. The summed E-state index contributed by atoms with van der Waals surface area (Å²) < 4.78 is 34.8. The van der Waals surface area contributed by atoms with Crippen molar-refractivity contribution < 1.29 is 47.6 Å². The number of hydrogen-bond acceptors (Lipinski definition) is 10. The van der Waals surface area contributed by atoms with Gasteiger partial charge < -0.3 is 38.6 Å². The van der Waals surface area contributed by atoms with Gasteiger partial charge >= 0.3 is 5.97 Å². The van der Waals surface area contributed by atoms with Gasteiger partial charge in [0.25, 0.3) is 0 Å². The number of likely N-dealkylation sites (tertiary alicyclic amines) is 1. The lowest BCUT2D eigenvalue weighted by Gasteiger charge is -2.41. The van der Waals surface area contributed by atoms with E-state index in [1.54, 1.807) is 68.4 Å². The molecule has 0 bridgehead atoms. The predicted octanol–water partition coefficient (Wildman–Crippen LogP) is 4.20. The first-order valence-electron chi connectivity index (χ1n) is 15.8. The van der Waals surface area contributed by atoms with Gasteiger partial charge in [0.05, 0.1) is 27.2 Å². The molecule has 3 aromatic carbocycles. The molecule has 1 saturated heterocycles. The minimum Gasteiger partial charge on any atom is -0.497 e. The summed E-state index contributed by atoms with van der Waals surface area (Å²) in [5.41, 5.74) is -1.40. The number of nitrogens with one attached hydrogen (secondary N) is 1. The second-order valence-corrected chi connectivity index (χ2v) is 12.2. The number of ether oxygens (including phenoxy) is 6. The van der Waals surface area contributed by atoms with Gasteiger partial charge in [-0.15, -0.1) is 0 Å². The SMILES string of the molecule is COC(=O)C1(c2ccc(OC)cc2)Oc2cc3c(c(OC)c2C(=O)[C@H](C(=O)N2CCC[C@H]2NC(=O)C(C)C)[C@H]1c1ccccc1)OCO3. The molecule has 6 rings (SSSR count). The van der Waals surface area contributed by atoms with Crippen LogP contribution in [-0.4, -0.2) is 69.3 Å². The van der Waals surface area contributed by atoms with E-state index in [1.165, 1.54) is 32.3 Å². The minimum absolute atomic E-state index is 0.0103. The summed E-state index contributed by atoms with van der Waals surface area (Å²) >= 11 is 0. The third-order valence-electron chi connectivity index (χ3n) is 9.16. The van der Waals surface area contributed by atoms with Crippen LogP contribution in [0.4, 0.5) is 0 Å². The molecule has 3 aliphatic rings. The van der Waals surface area contributed by atoms with E-state index in [4.69, 9.17) is 28.4 Å². The minimum atomic E-state index is -2.10. The third-order valence-corrected chi connectivity index (χ3v) is 9.16. The van der Waals surface area contributed by atoms with E-state index in [1.807, 2.05) is 0 Å². The lowest BCUT2D eigenvalue weighted by molar-refractivity contribution is -0.165. The van der Waals surface area contributed by atoms with Gasteiger partial charge in [-0.3, -0.25) is 14.4 Å². The number of hydrogen-bond donors (Lipinski definition) is 1. The monoisotopic (exact) mass is 658 g/mol. The number of carbonyl (C=O) groups is 4. The summed E-state index contributed by atoms with van der Waals surface area (Å²) in [6.45, 7) is 3.68. The van der Waals surface area contributed by atoms with Crippen LogP contribution in [0.5, 0.6) is 28.7 Å². The molecule has 48 heavy (non-hydrogen) atoms. The fourth-order valence-electron chi connectivity index (χ4n) is 6.82. The number of Topliss-reactive ketones (excluding diaryl/α,β-unsaturated/α-hetero) is 1. The molecule has 3 aromatic rings. The van der Waals surface area contributed by atoms with E-state index in [0.29, 0.717) is 29.7 Å². The molecule has 1 fully saturated rings. The van der Waals surface area contributed by atoms with E-state index < -0.39 is 41.3 Å². The summed E-state index contributed by atoms with van der Waals surface area (Å²) in [4.78, 5) is 59.2. The fraction of sp³-hybridized carbons (Fsp3) is 0.389. The number of rotatable bonds is 8. The molecule has 1 unspecified atom stereocenters. The van der Waals surface area contributed by atoms with Crippen molar-refractivity contribution in [3.63, 3.8) is 0 Å². The Balaban J connectivity index is 1.66. The highest BCUT2D eigenvalue weighted by Gasteiger charge is 2.62. The number of amides is 2. The van der Waals surface area contributed by atoms with Gasteiger partial charge in [0.1, 0.15) is 29.1 Å². The molecule has 252 valence electrons. The molecule has 1 N–H and O–H groups in total. The van der Waals surface area contributed by atoms with Crippen LogP contribution in [-0.2, 0) is 24.7 Å². The average molecular weight is 659 g/mol. The van der Waals surface area contributed by atoms with E-state index in [-0.39, 0.29) is 53.7 Å². The maximum Gasteiger partial charge on any atom is 0.355 e. The Kier molecular flexibility index (Phi) is 8.91. The van der Waals surface area contributed by atoms with Crippen molar-refractivity contribution >= 4 is 23.6 Å². The Morgan fingerprint density at radius 2 is 1.69 bits per heavy atom. The van der Waals surface area contributed by atoms with E-state index in [9.17, 15) is 9.59 Å². The Hall–Kier alpha value is -5.26. The third kappa shape index (κ3) is 5.34. The van der Waals surface area contributed by atoms with Crippen molar-refractivity contribution in [1.29, 1.82) is 0 Å². The van der Waals surface area contributed by atoms with Crippen molar-refractivity contribution in [3.8, 4) is 28.7 Å². The van der Waals surface area contributed by atoms with E-state index >= 15 is 9.59 Å². The Morgan fingerprint density at radius 1 is 0.958 bits per heavy atom. The normalized spacial score (nSPS) is 22.8. The zero-order valence-corrected chi connectivity index (χ0v) is 27.4. The lowest BCUT2D eigenvalue weighted by atomic mass is 9.68. The molecule has 0 spiro atoms. The van der Waals surface area contributed by atoms with Crippen LogP contribution in [0.1, 0.15) is 54.1 Å². The summed E-state index contributed by atoms with van der Waals surface area (Å²) in [6.07, 6.45) is 0.436. The molecule has 0 radical (unpaired) electrons. The van der Waals surface area contributed by atoms with Gasteiger partial charge in [-0.05, 0) is 30.5 Å². The number of ketones is 1. The standard InChI is InChI=1S/C36H38N2O10/c1-20(2)33(40)37-26-12-9-17-38(26)34(41)28-29(21-10-7-6-8-11-21)36(35(42)45-5,22-13-15-23(43-3)16-14-22)48-24-18-25-31(47-19-46-25)32(44-4)27(24)30(28)39/h6-8,10-11,13-16,18,20,26,28-29H,9,12,17,19H2,1-5H3,(H,37,40)/t26-,28+,29+,36?/m0/s1. The molecule has 4 atom stereocenters. The zero-order valence-electron chi connectivity index (χ0n) is 27.4. The van der Waals surface area contributed by atoms with Crippen LogP contribution in [0.2, 0.25) is 0 Å². The van der Waals surface area contributed by atoms with Crippen molar-refractivity contribution in [1.82, 2.24) is 10.2 Å². The van der Waals surface area contributed by atoms with E-state index in [0.717, 1.165) is 0 Å². The summed E-state index contributed by atoms with van der Waals surface area (Å²) in [5.74, 6) is -4.57. The van der Waals surface area contributed by atoms with Crippen molar-refractivity contribution in [2.75, 3.05) is 34.7 Å². The molecular formula is C36H38N2O10. The Labute approximate surface area is 278 Å². The average Bonchev–Trinajstić information content (AvgIpc) is 3.76. The van der Waals surface area contributed by atoms with Crippen molar-refractivity contribution in [2.24, 2.45) is 11.8 Å². The molecule has 12 nitrogen and oxygen atoms in total. The molecule has 12 heteroatoms. The van der Waals surface area contributed by atoms with Crippen molar-refractivity contribution in [3.05, 3.63) is 77.4 Å². The maximum absolute atomic E-state index is 15.2. The zero-order chi connectivity index (χ0) is 34.2. The number of fused-ring (bicyclic) bond motifs is 2. The van der Waals surface area contributed by atoms with Crippen molar-refractivity contribution in [2.45, 2.75) is 44.4 Å². The molecular weight excluding hydrogens is 620 g/mol. The largest absolute Gasteiger partial charge is 0.497 e. The van der Waals surface area contributed by atoms with Gasteiger partial charge in [0, 0.05) is 24.1 Å². The number of methoxy groups -OCH3 is 3. The first-order chi connectivity index (χ1) is 23.2. The Bertz CT molecular complexity index is 1720. The molecule has 0 aliphatic carbocycles. The quantitative estimate of drug-likeness (QED) is 0.277. The molecule has 3 aliphatic heterocycles. The van der Waals surface area contributed by atoms with E-state index in [2.05, 4.69) is 5.32 Å². The first-order valence-corrected chi connectivity index (χ1v) is 15.8. The van der Waals surface area contributed by atoms with Crippen LogP contribution in [0.3, 0.4) is 0 Å². The van der Waals surface area contributed by atoms with Crippen LogP contribution < -0.4 is 29.0 Å². The van der Waals surface area contributed by atoms with Crippen LogP contribution in [0.25, 0.3) is 0 Å². The summed E-state index contributed by atoms with van der Waals surface area (Å²) in [7, 11) is 4.11. The molecule has 0 aromatic heterocycles. The highest BCUT2D eigenvalue weighted by Crippen LogP contribution is 2.56. The number of carbonyl (C=O) groups excluding carboxylic acids is 4. The fourth-order valence-corrected chi connectivity index (χ4v) is 6.82. The topological polar surface area (TPSA) is 139 Å². The molecule has 2 amide bonds. The molecule has 3 heterocycles. The van der Waals surface area contributed by atoms with Gasteiger partial charge in [0.2, 0.25) is 30.0 Å². The van der Waals surface area contributed by atoms with Crippen LogP contribution in [0, 0.1) is 11.8 Å². The van der Waals surface area contributed by atoms with Gasteiger partial charge in [-0.1, -0.05) is 56.3 Å². The van der Waals surface area contributed by atoms with Gasteiger partial charge in [-0.2, -0.15) is 0 Å². The highest BCUT2D eigenvalue weighted by molar-refractivity contribution is 6.15. The molecule has 0 saturated carbocycles. The maximum atomic E-state index is 15.2. The highest BCUT2D eigenvalue weighted by atomic mass is 16.7. The number of benzene rings is 3. The first kappa shape index (κ1) is 32.7. The second kappa shape index (κ2) is 13.1. The predicted molar refractivity (Wildman–Crippen MR) is 171 cm³/mol. The second-order valence-electron chi connectivity index (χ2n) is 12.2. The summed E-state index contributed by atoms with van der Waals surface area (Å²) in [5, 5.41) is 2.97.